The van der Waals surface area contributed by atoms with Crippen LogP contribution in [0.15, 0.2) is 42.5 Å². The number of hydrogen-bond donors (Lipinski definition) is 0. The van der Waals surface area contributed by atoms with Gasteiger partial charge in [-0.05, 0) is 12.5 Å². The van der Waals surface area contributed by atoms with Crippen LogP contribution in [0.25, 0.3) is 21.5 Å². The van der Waals surface area contributed by atoms with Crippen LogP contribution in [0.5, 0.6) is 17.2 Å². The van der Waals surface area contributed by atoms with Crippen molar-refractivity contribution in [1.29, 1.82) is 0 Å². The maximum Gasteiger partial charge on any atom is 0.138 e. The molecule has 0 radical (unpaired) electrons. The van der Waals surface area contributed by atoms with Crippen LogP contribution in [0.2, 0.25) is 0 Å². The molecule has 0 saturated carbocycles. The molecule has 3 aromatic rings. The van der Waals surface area contributed by atoms with Gasteiger partial charge >= 0.3 is 0 Å². The van der Waals surface area contributed by atoms with E-state index in [-0.39, 0.29) is 0 Å². The van der Waals surface area contributed by atoms with Crippen molar-refractivity contribution < 1.29 is 14.2 Å². The lowest BCUT2D eigenvalue weighted by atomic mass is 10.00. The van der Waals surface area contributed by atoms with E-state index in [1.807, 2.05) is 24.3 Å². The van der Waals surface area contributed by atoms with E-state index in [1.165, 1.54) is 0 Å². The second-order valence-corrected chi connectivity index (χ2v) is 5.49. The van der Waals surface area contributed by atoms with E-state index in [2.05, 4.69) is 25.1 Å². The Hall–Kier alpha value is -2.42. The summed E-state index contributed by atoms with van der Waals surface area (Å²) in [4.78, 5) is 0. The van der Waals surface area contributed by atoms with Crippen molar-refractivity contribution in [2.24, 2.45) is 0 Å². The largest absolute Gasteiger partial charge is 0.495 e. The van der Waals surface area contributed by atoms with Gasteiger partial charge in [0, 0.05) is 16.2 Å². The van der Waals surface area contributed by atoms with Gasteiger partial charge in [-0.2, -0.15) is 0 Å². The second kappa shape index (κ2) is 6.78. The average molecular weight is 310 g/mol. The van der Waals surface area contributed by atoms with Crippen molar-refractivity contribution in [2.75, 3.05) is 20.8 Å². The fraction of sp³-hybridized carbons (Fsp3) is 0.300. The molecule has 0 spiro atoms. The Morgan fingerprint density at radius 2 is 1.43 bits per heavy atom. The van der Waals surface area contributed by atoms with Gasteiger partial charge < -0.3 is 14.2 Å². The molecule has 0 amide bonds. The Balaban J connectivity index is 2.33. The molecule has 0 heterocycles. The summed E-state index contributed by atoms with van der Waals surface area (Å²) < 4.78 is 17.5. The van der Waals surface area contributed by atoms with Crippen LogP contribution in [-0.2, 0) is 0 Å². The maximum absolute atomic E-state index is 6.02. The molecule has 0 aromatic heterocycles. The normalized spacial score (nSPS) is 10.9. The van der Waals surface area contributed by atoms with E-state index in [9.17, 15) is 0 Å². The minimum Gasteiger partial charge on any atom is -0.495 e. The summed E-state index contributed by atoms with van der Waals surface area (Å²) in [5, 5.41) is 4.06. The third-order valence-corrected chi connectivity index (χ3v) is 4.08. The van der Waals surface area contributed by atoms with Crippen LogP contribution >= 0.6 is 0 Å². The van der Waals surface area contributed by atoms with E-state index >= 15 is 0 Å². The van der Waals surface area contributed by atoms with Crippen LogP contribution in [0.1, 0.15) is 19.8 Å². The maximum atomic E-state index is 6.02. The van der Waals surface area contributed by atoms with E-state index < -0.39 is 0 Å². The van der Waals surface area contributed by atoms with E-state index in [1.54, 1.807) is 14.2 Å². The molecular formula is C20H22O3. The molecule has 0 aliphatic rings. The Kier molecular flexibility index (Phi) is 4.56. The fourth-order valence-corrected chi connectivity index (χ4v) is 2.99. The Bertz CT molecular complexity index is 824. The van der Waals surface area contributed by atoms with Gasteiger partial charge in [0.15, 0.2) is 0 Å². The molecule has 0 bridgehead atoms. The van der Waals surface area contributed by atoms with Gasteiger partial charge in [-0.1, -0.05) is 49.7 Å². The lowest BCUT2D eigenvalue weighted by Gasteiger charge is -2.17. The van der Waals surface area contributed by atoms with E-state index in [0.717, 1.165) is 51.6 Å². The summed E-state index contributed by atoms with van der Waals surface area (Å²) >= 11 is 0. The van der Waals surface area contributed by atoms with Crippen LogP contribution < -0.4 is 14.2 Å². The highest BCUT2D eigenvalue weighted by molar-refractivity contribution is 6.13. The third-order valence-electron chi connectivity index (χ3n) is 4.08. The van der Waals surface area contributed by atoms with Crippen LogP contribution in [-0.4, -0.2) is 20.8 Å². The monoisotopic (exact) mass is 310 g/mol. The zero-order valence-corrected chi connectivity index (χ0v) is 13.9. The summed E-state index contributed by atoms with van der Waals surface area (Å²) in [6.45, 7) is 2.86. The van der Waals surface area contributed by atoms with Crippen molar-refractivity contribution in [1.82, 2.24) is 0 Å². The fourth-order valence-electron chi connectivity index (χ4n) is 2.99. The number of unbranched alkanes of at least 4 members (excludes halogenated alkanes) is 1. The first kappa shape index (κ1) is 15.5. The quantitative estimate of drug-likeness (QED) is 0.463. The SMILES string of the molecule is CCCCOc1cccc2c(OC)c3ccccc3c(OC)c12. The lowest BCUT2D eigenvalue weighted by molar-refractivity contribution is 0.311. The van der Waals surface area contributed by atoms with E-state index in [4.69, 9.17) is 14.2 Å². The lowest BCUT2D eigenvalue weighted by Crippen LogP contribution is -1.99. The highest BCUT2D eigenvalue weighted by atomic mass is 16.5. The third kappa shape index (κ3) is 2.67. The standard InChI is InChI=1S/C20H22O3/c1-4-5-13-23-17-12-8-11-16-18(17)20(22-3)15-10-7-6-9-14(15)19(16)21-2/h6-12H,4-5,13H2,1-3H3. The molecule has 0 unspecified atom stereocenters. The van der Waals surface area contributed by atoms with Crippen molar-refractivity contribution in [2.45, 2.75) is 19.8 Å². The van der Waals surface area contributed by atoms with Gasteiger partial charge in [-0.25, -0.2) is 0 Å². The van der Waals surface area contributed by atoms with Crippen molar-refractivity contribution in [3.05, 3.63) is 42.5 Å². The average Bonchev–Trinajstić information content (AvgIpc) is 2.60. The molecule has 3 nitrogen and oxygen atoms in total. The molecule has 120 valence electrons. The Morgan fingerprint density at radius 3 is 2.09 bits per heavy atom. The van der Waals surface area contributed by atoms with Crippen LogP contribution in [0, 0.1) is 0 Å². The van der Waals surface area contributed by atoms with Gasteiger partial charge in [0.05, 0.1) is 26.2 Å². The molecule has 3 aromatic carbocycles. The van der Waals surface area contributed by atoms with Crippen molar-refractivity contribution >= 4 is 21.5 Å². The molecule has 0 N–H and O–H groups in total. The minimum atomic E-state index is 0.702. The summed E-state index contributed by atoms with van der Waals surface area (Å²) in [5.74, 6) is 2.54. The van der Waals surface area contributed by atoms with Gasteiger partial charge in [0.1, 0.15) is 17.2 Å². The Labute approximate surface area is 136 Å². The number of methoxy groups -OCH3 is 2. The smallest absolute Gasteiger partial charge is 0.138 e. The van der Waals surface area contributed by atoms with E-state index in [0.29, 0.717) is 6.61 Å². The van der Waals surface area contributed by atoms with Gasteiger partial charge in [-0.3, -0.25) is 0 Å². The van der Waals surface area contributed by atoms with Gasteiger partial charge in [0.25, 0.3) is 0 Å². The zero-order chi connectivity index (χ0) is 16.2. The molecule has 3 heteroatoms. The van der Waals surface area contributed by atoms with Crippen LogP contribution in [0.3, 0.4) is 0 Å². The number of fused-ring (bicyclic) bond motifs is 2. The van der Waals surface area contributed by atoms with Crippen LogP contribution in [0.4, 0.5) is 0 Å². The molecule has 3 rings (SSSR count). The first-order valence-corrected chi connectivity index (χ1v) is 8.00. The molecule has 23 heavy (non-hydrogen) atoms. The van der Waals surface area contributed by atoms with Crippen molar-refractivity contribution in [3.8, 4) is 17.2 Å². The summed E-state index contributed by atoms with van der Waals surface area (Å²) in [7, 11) is 3.41. The Morgan fingerprint density at radius 1 is 0.783 bits per heavy atom. The number of benzene rings is 3. The molecular weight excluding hydrogens is 288 g/mol. The topological polar surface area (TPSA) is 27.7 Å². The summed E-state index contributed by atoms with van der Waals surface area (Å²) in [5.41, 5.74) is 0. The minimum absolute atomic E-state index is 0.702. The first-order chi connectivity index (χ1) is 11.3. The predicted molar refractivity (Wildman–Crippen MR) is 95.0 cm³/mol. The summed E-state index contributed by atoms with van der Waals surface area (Å²) in [6, 6.07) is 14.2. The molecule has 0 fully saturated rings. The molecule has 0 atom stereocenters. The number of hydrogen-bond acceptors (Lipinski definition) is 3. The predicted octanol–water partition coefficient (Wildman–Crippen LogP) is 5.19. The molecule has 0 saturated heterocycles. The number of rotatable bonds is 6. The van der Waals surface area contributed by atoms with Gasteiger partial charge in [0.2, 0.25) is 0 Å². The highest BCUT2D eigenvalue weighted by Crippen LogP contribution is 2.46. The molecule has 0 aliphatic carbocycles. The molecule has 0 aliphatic heterocycles. The van der Waals surface area contributed by atoms with Crippen molar-refractivity contribution in [3.63, 3.8) is 0 Å². The zero-order valence-electron chi connectivity index (χ0n) is 13.9. The highest BCUT2D eigenvalue weighted by Gasteiger charge is 2.18. The van der Waals surface area contributed by atoms with Gasteiger partial charge in [-0.15, -0.1) is 0 Å². The summed E-state index contributed by atoms with van der Waals surface area (Å²) in [6.07, 6.45) is 2.14. The first-order valence-electron chi connectivity index (χ1n) is 8.00. The number of ether oxygens (including phenoxy) is 3. The second-order valence-electron chi connectivity index (χ2n) is 5.49.